The lowest BCUT2D eigenvalue weighted by Gasteiger charge is -2.22. The van der Waals surface area contributed by atoms with E-state index in [-0.39, 0.29) is 6.03 Å². The molecule has 1 saturated heterocycles. The Morgan fingerprint density at radius 3 is 2.75 bits per heavy atom. The van der Waals surface area contributed by atoms with Gasteiger partial charge in [-0.3, -0.25) is 4.90 Å². The van der Waals surface area contributed by atoms with Crippen molar-refractivity contribution in [1.82, 2.24) is 15.1 Å². The number of carbonyl (C=O) groups is 1. The van der Waals surface area contributed by atoms with Crippen LogP contribution in [0.5, 0.6) is 0 Å². The summed E-state index contributed by atoms with van der Waals surface area (Å²) in [6.45, 7) is 4.71. The van der Waals surface area contributed by atoms with Crippen molar-refractivity contribution in [3.05, 3.63) is 35.9 Å². The van der Waals surface area contributed by atoms with Gasteiger partial charge in [-0.1, -0.05) is 36.3 Å². The number of amides is 2. The van der Waals surface area contributed by atoms with Crippen molar-refractivity contribution >= 4 is 6.03 Å². The minimum Gasteiger partial charge on any atom is -0.327 e. The van der Waals surface area contributed by atoms with Gasteiger partial charge in [0.25, 0.3) is 0 Å². The molecule has 4 nitrogen and oxygen atoms in total. The van der Waals surface area contributed by atoms with Crippen molar-refractivity contribution in [3.63, 3.8) is 0 Å². The minimum atomic E-state index is -0.0514. The number of hydrogen-bond acceptors (Lipinski definition) is 2. The maximum atomic E-state index is 11.9. The second kappa shape index (κ2) is 7.56. The van der Waals surface area contributed by atoms with E-state index in [1.165, 1.54) is 5.56 Å². The smallest absolute Gasteiger partial charge is 0.318 e. The van der Waals surface area contributed by atoms with Gasteiger partial charge in [-0.15, -0.1) is 6.42 Å². The lowest BCUT2D eigenvalue weighted by molar-refractivity contribution is 0.199. The van der Waals surface area contributed by atoms with E-state index >= 15 is 0 Å². The van der Waals surface area contributed by atoms with Crippen molar-refractivity contribution in [1.29, 1.82) is 0 Å². The van der Waals surface area contributed by atoms with Crippen LogP contribution >= 0.6 is 0 Å². The van der Waals surface area contributed by atoms with Crippen LogP contribution in [0.4, 0.5) is 4.79 Å². The van der Waals surface area contributed by atoms with Gasteiger partial charge in [0.1, 0.15) is 0 Å². The van der Waals surface area contributed by atoms with E-state index in [4.69, 9.17) is 6.42 Å². The average molecular weight is 271 g/mol. The van der Waals surface area contributed by atoms with Crippen molar-refractivity contribution in [2.24, 2.45) is 0 Å². The Labute approximate surface area is 120 Å². The van der Waals surface area contributed by atoms with Gasteiger partial charge in [0, 0.05) is 32.7 Å². The molecule has 0 saturated carbocycles. The van der Waals surface area contributed by atoms with Gasteiger partial charge in [0.05, 0.1) is 6.54 Å². The first-order valence-corrected chi connectivity index (χ1v) is 7.02. The van der Waals surface area contributed by atoms with Crippen molar-refractivity contribution < 1.29 is 4.79 Å². The van der Waals surface area contributed by atoms with E-state index < -0.39 is 0 Å². The zero-order chi connectivity index (χ0) is 14.2. The zero-order valence-corrected chi connectivity index (χ0v) is 11.7. The highest BCUT2D eigenvalue weighted by Crippen LogP contribution is 2.08. The SMILES string of the molecule is C#CCNC(=O)N1CCCN(Cc2ccccc2)CC1. The molecule has 1 N–H and O–H groups in total. The summed E-state index contributed by atoms with van der Waals surface area (Å²) >= 11 is 0. The second-order valence-corrected chi connectivity index (χ2v) is 4.97. The molecule has 0 atom stereocenters. The van der Waals surface area contributed by atoms with Crippen LogP contribution in [-0.2, 0) is 6.54 Å². The molecular weight excluding hydrogens is 250 g/mol. The Morgan fingerprint density at radius 2 is 2.00 bits per heavy atom. The van der Waals surface area contributed by atoms with Gasteiger partial charge in [-0.25, -0.2) is 4.79 Å². The number of rotatable bonds is 3. The van der Waals surface area contributed by atoms with Crippen LogP contribution in [0.25, 0.3) is 0 Å². The van der Waals surface area contributed by atoms with Crippen LogP contribution in [0, 0.1) is 12.3 Å². The summed E-state index contributed by atoms with van der Waals surface area (Å²) < 4.78 is 0. The van der Waals surface area contributed by atoms with Crippen molar-refractivity contribution in [2.75, 3.05) is 32.7 Å². The molecule has 1 aromatic rings. The van der Waals surface area contributed by atoms with E-state index in [1.54, 1.807) is 0 Å². The van der Waals surface area contributed by atoms with E-state index in [1.807, 2.05) is 11.0 Å². The molecule has 0 unspecified atom stereocenters. The molecule has 0 spiro atoms. The summed E-state index contributed by atoms with van der Waals surface area (Å²) in [5, 5.41) is 2.73. The third-order valence-electron chi connectivity index (χ3n) is 3.47. The largest absolute Gasteiger partial charge is 0.327 e. The summed E-state index contributed by atoms with van der Waals surface area (Å²) in [4.78, 5) is 16.1. The number of nitrogens with zero attached hydrogens (tertiary/aromatic N) is 2. The Bertz CT molecular complexity index is 466. The van der Waals surface area contributed by atoms with Gasteiger partial charge in [-0.05, 0) is 12.0 Å². The van der Waals surface area contributed by atoms with Gasteiger partial charge < -0.3 is 10.2 Å². The molecule has 1 aliphatic heterocycles. The van der Waals surface area contributed by atoms with Crippen molar-refractivity contribution in [2.45, 2.75) is 13.0 Å². The predicted octanol–water partition coefficient (Wildman–Crippen LogP) is 1.54. The number of carbonyl (C=O) groups excluding carboxylic acids is 1. The monoisotopic (exact) mass is 271 g/mol. The second-order valence-electron chi connectivity index (χ2n) is 4.97. The first-order chi connectivity index (χ1) is 9.79. The van der Waals surface area contributed by atoms with Gasteiger partial charge >= 0.3 is 6.03 Å². The summed E-state index contributed by atoms with van der Waals surface area (Å²) in [7, 11) is 0. The molecule has 1 fully saturated rings. The van der Waals surface area contributed by atoms with Crippen LogP contribution in [0.15, 0.2) is 30.3 Å². The molecule has 1 aliphatic rings. The maximum Gasteiger partial charge on any atom is 0.318 e. The molecule has 20 heavy (non-hydrogen) atoms. The van der Waals surface area contributed by atoms with Crippen LogP contribution in [-0.4, -0.2) is 48.6 Å². The van der Waals surface area contributed by atoms with Crippen LogP contribution < -0.4 is 5.32 Å². The van der Waals surface area contributed by atoms with E-state index in [9.17, 15) is 4.79 Å². The molecule has 4 heteroatoms. The summed E-state index contributed by atoms with van der Waals surface area (Å²) in [5.41, 5.74) is 1.32. The number of hydrogen-bond donors (Lipinski definition) is 1. The summed E-state index contributed by atoms with van der Waals surface area (Å²) in [5.74, 6) is 2.43. The van der Waals surface area contributed by atoms with Crippen LogP contribution in [0.1, 0.15) is 12.0 Å². The maximum absolute atomic E-state index is 11.9. The third kappa shape index (κ3) is 4.29. The van der Waals surface area contributed by atoms with E-state index in [0.29, 0.717) is 6.54 Å². The first-order valence-electron chi connectivity index (χ1n) is 7.02. The number of terminal acetylenes is 1. The lowest BCUT2D eigenvalue weighted by atomic mass is 10.2. The van der Waals surface area contributed by atoms with Crippen molar-refractivity contribution in [3.8, 4) is 12.3 Å². The molecule has 0 radical (unpaired) electrons. The highest BCUT2D eigenvalue weighted by atomic mass is 16.2. The molecule has 2 amide bonds. The lowest BCUT2D eigenvalue weighted by Crippen LogP contribution is -2.42. The molecule has 2 rings (SSSR count). The summed E-state index contributed by atoms with van der Waals surface area (Å²) in [6.07, 6.45) is 6.15. The first kappa shape index (κ1) is 14.4. The van der Waals surface area contributed by atoms with E-state index in [2.05, 4.69) is 40.4 Å². The predicted molar refractivity (Wildman–Crippen MR) is 80.1 cm³/mol. The molecule has 106 valence electrons. The molecule has 0 aliphatic carbocycles. The molecule has 0 aromatic heterocycles. The Balaban J connectivity index is 1.83. The Hall–Kier alpha value is -1.99. The van der Waals surface area contributed by atoms with Gasteiger partial charge in [0.15, 0.2) is 0 Å². The Kier molecular flexibility index (Phi) is 5.45. The third-order valence-corrected chi connectivity index (χ3v) is 3.47. The highest BCUT2D eigenvalue weighted by molar-refractivity contribution is 5.74. The molecule has 0 bridgehead atoms. The normalized spacial score (nSPS) is 16.2. The highest BCUT2D eigenvalue weighted by Gasteiger charge is 2.18. The van der Waals surface area contributed by atoms with Gasteiger partial charge in [0.2, 0.25) is 0 Å². The fourth-order valence-electron chi connectivity index (χ4n) is 2.41. The summed E-state index contributed by atoms with van der Waals surface area (Å²) in [6, 6.07) is 10.4. The van der Waals surface area contributed by atoms with E-state index in [0.717, 1.165) is 39.1 Å². The molecule has 1 aromatic carbocycles. The number of urea groups is 1. The fraction of sp³-hybridized carbons (Fsp3) is 0.438. The minimum absolute atomic E-state index is 0.0514. The average Bonchev–Trinajstić information content (AvgIpc) is 2.71. The topological polar surface area (TPSA) is 35.6 Å². The number of benzene rings is 1. The quantitative estimate of drug-likeness (QED) is 0.846. The molecular formula is C16H21N3O. The fourth-order valence-corrected chi connectivity index (χ4v) is 2.41. The Morgan fingerprint density at radius 1 is 1.20 bits per heavy atom. The van der Waals surface area contributed by atoms with Crippen LogP contribution in [0.2, 0.25) is 0 Å². The zero-order valence-electron chi connectivity index (χ0n) is 11.7. The standard InChI is InChI=1S/C16H21N3O/c1-2-9-17-16(20)19-11-6-10-18(12-13-19)14-15-7-4-3-5-8-15/h1,3-5,7-8H,6,9-14H2,(H,17,20). The van der Waals surface area contributed by atoms with Crippen LogP contribution in [0.3, 0.4) is 0 Å². The molecule has 1 heterocycles. The number of nitrogens with one attached hydrogen (secondary N) is 1. The van der Waals surface area contributed by atoms with Gasteiger partial charge in [-0.2, -0.15) is 0 Å².